The van der Waals surface area contributed by atoms with Gasteiger partial charge in [0.2, 0.25) is 0 Å². The standard InChI is InChI=1S/C24H25O2.H3P.Y/c1-17-8-18(2)11-21(10-17)15-25-23-6-5-7-24(14-23)26-16-22-12-19(3)9-20(4)13-22;;/h6-14H,15-16H2,1-4H3;1H3;/q-1;;/i;1D;. The molecule has 28 heavy (non-hydrogen) atoms. The largest absolute Gasteiger partial charge is 0.547 e. The second-order valence-corrected chi connectivity index (χ2v) is 6.97. The molecule has 0 fully saturated rings. The van der Waals surface area contributed by atoms with E-state index in [1.54, 1.807) is 9.84 Å². The van der Waals surface area contributed by atoms with Gasteiger partial charge in [-0.3, -0.25) is 0 Å². The third-order valence-electron chi connectivity index (χ3n) is 4.11. The Bertz CT molecular complexity index is 804. The van der Waals surface area contributed by atoms with Crippen LogP contribution in [0.1, 0.15) is 33.4 Å². The van der Waals surface area contributed by atoms with Crippen LogP contribution in [0.15, 0.2) is 54.6 Å². The van der Waals surface area contributed by atoms with Gasteiger partial charge in [0.05, 0.1) is 14.5 Å². The van der Waals surface area contributed by atoms with Crippen molar-refractivity contribution in [2.24, 2.45) is 0 Å². The van der Waals surface area contributed by atoms with Crippen molar-refractivity contribution < 1.29 is 42.2 Å². The summed E-state index contributed by atoms with van der Waals surface area (Å²) >= 11 is 0. The molecule has 1 unspecified atom stereocenters. The maximum absolute atomic E-state index is 5.92. The minimum atomic E-state index is 0. The van der Waals surface area contributed by atoms with Crippen molar-refractivity contribution in [1.82, 2.24) is 0 Å². The molecule has 0 saturated carbocycles. The zero-order valence-corrected chi connectivity index (χ0v) is 21.1. The van der Waals surface area contributed by atoms with Gasteiger partial charge < -0.3 is 9.47 Å². The predicted molar refractivity (Wildman–Crippen MR) is 117 cm³/mol. The average Bonchev–Trinajstić information content (AvgIpc) is 2.65. The van der Waals surface area contributed by atoms with Gasteiger partial charge in [0.1, 0.15) is 0 Å². The van der Waals surface area contributed by atoms with Gasteiger partial charge in [-0.1, -0.05) is 64.7 Å². The number of rotatable bonds is 6. The molecule has 0 amide bonds. The predicted octanol–water partition coefficient (Wildman–Crippen LogP) is 5.93. The normalized spacial score (nSPS) is 10.1. The minimum Gasteiger partial charge on any atom is -0.547 e. The molecule has 0 bridgehead atoms. The summed E-state index contributed by atoms with van der Waals surface area (Å²) in [7, 11) is 1.67. The fraction of sp³-hybridized carbons (Fsp3) is 0.250. The Kier molecular flexibility index (Phi) is 9.65. The summed E-state index contributed by atoms with van der Waals surface area (Å²) in [6.07, 6.45) is 0. The van der Waals surface area contributed by atoms with E-state index in [4.69, 9.17) is 10.8 Å². The average molecular weight is 469 g/mol. The van der Waals surface area contributed by atoms with Gasteiger partial charge in [-0.2, -0.15) is 15.9 Å². The van der Waals surface area contributed by atoms with Gasteiger partial charge >= 0.3 is 0 Å². The number of aryl methyl sites for hydroxylation is 4. The summed E-state index contributed by atoms with van der Waals surface area (Å²) in [5.74, 6) is 1.53. The Hall–Kier alpha value is -1.21. The van der Waals surface area contributed by atoms with Crippen LogP contribution in [0.5, 0.6) is 11.5 Å². The van der Waals surface area contributed by atoms with Gasteiger partial charge in [-0.05, 0) is 38.8 Å². The smallest absolute Gasteiger partial charge is 0.0968 e. The van der Waals surface area contributed by atoms with Crippen molar-refractivity contribution in [3.8, 4) is 11.5 Å². The van der Waals surface area contributed by atoms with Crippen molar-refractivity contribution in [3.63, 3.8) is 0 Å². The molecule has 0 spiro atoms. The van der Waals surface area contributed by atoms with E-state index in [0.717, 1.165) is 11.5 Å². The maximum atomic E-state index is 5.92. The van der Waals surface area contributed by atoms with Crippen LogP contribution in [0.2, 0.25) is 0 Å². The van der Waals surface area contributed by atoms with E-state index in [-0.39, 0.29) is 32.7 Å². The van der Waals surface area contributed by atoms with Crippen LogP contribution in [-0.4, -0.2) is 1.28 Å². The molecule has 2 nitrogen and oxygen atoms in total. The quantitative estimate of drug-likeness (QED) is 0.329. The fourth-order valence-electron chi connectivity index (χ4n) is 3.23. The van der Waals surface area contributed by atoms with Crippen LogP contribution in [-0.2, 0) is 45.9 Å². The topological polar surface area (TPSA) is 18.5 Å². The number of benzene rings is 3. The summed E-state index contributed by atoms with van der Waals surface area (Å²) in [5, 5.41) is 0. The Morgan fingerprint density at radius 1 is 0.679 bits per heavy atom. The monoisotopic (exact) mass is 469 g/mol. The van der Waals surface area contributed by atoms with E-state index in [9.17, 15) is 0 Å². The van der Waals surface area contributed by atoms with Crippen molar-refractivity contribution in [1.29, 1.82) is 1.28 Å². The Balaban J connectivity index is 0.00000136. The second-order valence-electron chi connectivity index (χ2n) is 6.97. The van der Waals surface area contributed by atoms with E-state index in [2.05, 4.69) is 70.2 Å². The molecule has 0 N–H and O–H groups in total. The Morgan fingerprint density at radius 3 is 1.39 bits per heavy atom. The summed E-state index contributed by atoms with van der Waals surface area (Å²) in [5.41, 5.74) is 7.34. The molecular formula is C24H28O2PY-. The molecule has 0 aliphatic rings. The molecule has 0 aromatic heterocycles. The van der Waals surface area contributed by atoms with Gasteiger partial charge in [-0.25, -0.2) is 0 Å². The molecule has 0 saturated heterocycles. The number of hydrogen-bond donors (Lipinski definition) is 0. The third-order valence-corrected chi connectivity index (χ3v) is 4.11. The first-order valence-electron chi connectivity index (χ1n) is 9.47. The van der Waals surface area contributed by atoms with Gasteiger partial charge in [0, 0.05) is 44.2 Å². The number of ether oxygens (including phenoxy) is 2. The van der Waals surface area contributed by atoms with Crippen molar-refractivity contribution >= 4 is 9.84 Å². The van der Waals surface area contributed by atoms with Crippen LogP contribution in [0.3, 0.4) is 0 Å². The summed E-state index contributed by atoms with van der Waals surface area (Å²) < 4.78 is 17.5. The molecule has 1 atom stereocenters. The van der Waals surface area contributed by atoms with E-state index in [0.29, 0.717) is 13.2 Å². The van der Waals surface area contributed by atoms with Crippen molar-refractivity contribution in [3.05, 3.63) is 94.0 Å². The molecule has 3 aromatic carbocycles. The Morgan fingerprint density at radius 2 is 1.04 bits per heavy atom. The van der Waals surface area contributed by atoms with E-state index in [1.165, 1.54) is 33.4 Å². The molecule has 3 rings (SSSR count). The molecule has 0 aliphatic carbocycles. The third kappa shape index (κ3) is 7.67. The summed E-state index contributed by atoms with van der Waals surface area (Å²) in [6, 6.07) is 21.6. The van der Waals surface area contributed by atoms with Crippen LogP contribution in [0.25, 0.3) is 0 Å². The molecule has 3 aromatic rings. The first kappa shape index (κ1) is 23.1. The van der Waals surface area contributed by atoms with Crippen LogP contribution >= 0.6 is 9.84 Å². The van der Waals surface area contributed by atoms with Crippen LogP contribution < -0.4 is 9.47 Å². The van der Waals surface area contributed by atoms with E-state index < -0.39 is 0 Å². The first-order valence-corrected chi connectivity index (χ1v) is 8.89. The van der Waals surface area contributed by atoms with Crippen molar-refractivity contribution in [2.75, 3.05) is 0 Å². The Labute approximate surface area is 198 Å². The zero-order valence-electron chi connectivity index (χ0n) is 18.1. The zero-order chi connectivity index (χ0) is 20.5. The second kappa shape index (κ2) is 11.7. The van der Waals surface area contributed by atoms with Gasteiger partial charge in [0.15, 0.2) is 0 Å². The molecule has 0 aliphatic heterocycles. The van der Waals surface area contributed by atoms with Gasteiger partial charge in [-0.15, -0.1) is 12.1 Å². The fourth-order valence-corrected chi connectivity index (χ4v) is 3.23. The molecule has 145 valence electrons. The van der Waals surface area contributed by atoms with Crippen LogP contribution in [0.4, 0.5) is 0 Å². The summed E-state index contributed by atoms with van der Waals surface area (Å²) in [6.45, 7) is 9.49. The summed E-state index contributed by atoms with van der Waals surface area (Å²) in [4.78, 5) is 0. The minimum absolute atomic E-state index is 0. The first-order chi connectivity index (χ1) is 13.5. The van der Waals surface area contributed by atoms with Crippen molar-refractivity contribution in [2.45, 2.75) is 40.9 Å². The molecule has 0 heterocycles. The SMILES string of the molecule is Cc1cc(C)cc(COc2c[c-]cc(OCc3cc(C)cc(C)c3)c2)c1.[2H]P.[Y]. The number of hydrogen-bond acceptors (Lipinski definition) is 2. The molecule has 1 radical (unpaired) electrons. The molecule has 4 heteroatoms. The maximum Gasteiger partial charge on any atom is 0.0968 e. The van der Waals surface area contributed by atoms with Crippen LogP contribution in [0, 0.1) is 33.8 Å². The van der Waals surface area contributed by atoms with E-state index in [1.807, 2.05) is 18.2 Å². The van der Waals surface area contributed by atoms with Gasteiger partial charge in [0.25, 0.3) is 0 Å². The molecular weight excluding hydrogens is 440 g/mol. The van der Waals surface area contributed by atoms with E-state index >= 15 is 0 Å².